The van der Waals surface area contributed by atoms with Crippen molar-refractivity contribution in [1.82, 2.24) is 8.61 Å². The molecule has 6 nitrogen and oxygen atoms in total. The molecule has 0 aliphatic carbocycles. The van der Waals surface area contributed by atoms with E-state index in [9.17, 15) is 8.42 Å². The zero-order valence-corrected chi connectivity index (χ0v) is 14.3. The molecule has 7 heteroatoms. The van der Waals surface area contributed by atoms with Gasteiger partial charge >= 0.3 is 0 Å². The van der Waals surface area contributed by atoms with Gasteiger partial charge in [-0.1, -0.05) is 18.2 Å². The molecule has 23 heavy (non-hydrogen) atoms. The van der Waals surface area contributed by atoms with Crippen LogP contribution in [-0.4, -0.2) is 57.0 Å². The minimum atomic E-state index is -3.47. The van der Waals surface area contributed by atoms with Crippen LogP contribution in [-0.2, 0) is 21.5 Å². The van der Waals surface area contributed by atoms with E-state index in [1.165, 1.54) is 4.31 Å². The molecule has 1 atom stereocenters. The molecule has 1 aromatic carbocycles. The highest BCUT2D eigenvalue weighted by molar-refractivity contribution is 7.86. The topological polar surface area (TPSA) is 59.1 Å². The fourth-order valence-electron chi connectivity index (χ4n) is 3.27. The molecule has 1 fully saturated rings. The summed E-state index contributed by atoms with van der Waals surface area (Å²) in [5.74, 6) is 1.06. The van der Waals surface area contributed by atoms with Gasteiger partial charge in [0, 0.05) is 38.9 Å². The highest BCUT2D eigenvalue weighted by Gasteiger charge is 2.34. The van der Waals surface area contributed by atoms with E-state index < -0.39 is 10.2 Å². The van der Waals surface area contributed by atoms with Crippen molar-refractivity contribution in [2.24, 2.45) is 5.92 Å². The van der Waals surface area contributed by atoms with E-state index in [1.807, 2.05) is 24.3 Å². The van der Waals surface area contributed by atoms with Gasteiger partial charge in [0.2, 0.25) is 0 Å². The predicted octanol–water partition coefficient (Wildman–Crippen LogP) is 1.48. The summed E-state index contributed by atoms with van der Waals surface area (Å²) in [6, 6.07) is 7.63. The van der Waals surface area contributed by atoms with Gasteiger partial charge in [0.25, 0.3) is 10.2 Å². The Morgan fingerprint density at radius 3 is 2.91 bits per heavy atom. The van der Waals surface area contributed by atoms with Gasteiger partial charge in [0.1, 0.15) is 12.4 Å². The van der Waals surface area contributed by atoms with Crippen LogP contribution in [0.1, 0.15) is 18.4 Å². The first-order valence-electron chi connectivity index (χ1n) is 8.06. The maximum absolute atomic E-state index is 13.0. The van der Waals surface area contributed by atoms with E-state index in [2.05, 4.69) is 0 Å². The summed E-state index contributed by atoms with van der Waals surface area (Å²) in [6.45, 7) is 2.85. The minimum absolute atomic E-state index is 0.277. The molecule has 0 radical (unpaired) electrons. The van der Waals surface area contributed by atoms with Crippen LogP contribution < -0.4 is 4.74 Å². The van der Waals surface area contributed by atoms with Crippen LogP contribution in [0, 0.1) is 5.92 Å². The molecule has 3 rings (SSSR count). The molecule has 0 aromatic heterocycles. The zero-order valence-electron chi connectivity index (χ0n) is 13.5. The lowest BCUT2D eigenvalue weighted by atomic mass is 10.0. The van der Waals surface area contributed by atoms with E-state index in [4.69, 9.17) is 9.47 Å². The fraction of sp³-hybridized carbons (Fsp3) is 0.625. The van der Waals surface area contributed by atoms with Gasteiger partial charge in [-0.15, -0.1) is 0 Å². The van der Waals surface area contributed by atoms with Crippen LogP contribution in [0.4, 0.5) is 0 Å². The van der Waals surface area contributed by atoms with Gasteiger partial charge in [-0.2, -0.15) is 17.0 Å². The Morgan fingerprint density at radius 2 is 2.09 bits per heavy atom. The molecule has 0 N–H and O–H groups in total. The molecule has 1 aromatic rings. The third-order valence-electron chi connectivity index (χ3n) is 4.45. The quantitative estimate of drug-likeness (QED) is 0.833. The van der Waals surface area contributed by atoms with Crippen molar-refractivity contribution < 1.29 is 17.9 Å². The number of piperidine rings is 1. The summed E-state index contributed by atoms with van der Waals surface area (Å²) >= 11 is 0. The summed E-state index contributed by atoms with van der Waals surface area (Å²) in [4.78, 5) is 0. The molecule has 2 heterocycles. The highest BCUT2D eigenvalue weighted by Crippen LogP contribution is 2.27. The van der Waals surface area contributed by atoms with Gasteiger partial charge in [-0.05, 0) is 24.8 Å². The number of fused-ring (bicyclic) bond motifs is 1. The van der Waals surface area contributed by atoms with Gasteiger partial charge in [-0.25, -0.2) is 0 Å². The Kier molecular flexibility index (Phi) is 5.21. The van der Waals surface area contributed by atoms with Crippen molar-refractivity contribution in [3.63, 3.8) is 0 Å². The van der Waals surface area contributed by atoms with Crippen molar-refractivity contribution in [3.05, 3.63) is 29.8 Å². The van der Waals surface area contributed by atoms with Crippen molar-refractivity contribution in [1.29, 1.82) is 0 Å². The Bertz CT molecular complexity index is 633. The number of rotatable bonds is 4. The minimum Gasteiger partial charge on any atom is -0.492 e. The number of benzene rings is 1. The highest BCUT2D eigenvalue weighted by atomic mass is 32.2. The molecule has 128 valence electrons. The van der Waals surface area contributed by atoms with Crippen LogP contribution in [0.2, 0.25) is 0 Å². The first-order valence-corrected chi connectivity index (χ1v) is 9.46. The van der Waals surface area contributed by atoms with Crippen LogP contribution in [0.25, 0.3) is 0 Å². The lowest BCUT2D eigenvalue weighted by Gasteiger charge is -2.34. The number of para-hydroxylation sites is 1. The number of ether oxygens (including phenoxy) is 2. The van der Waals surface area contributed by atoms with Gasteiger partial charge in [0.15, 0.2) is 0 Å². The van der Waals surface area contributed by atoms with E-state index in [1.54, 1.807) is 11.4 Å². The van der Waals surface area contributed by atoms with E-state index in [0.717, 1.165) is 24.2 Å². The van der Waals surface area contributed by atoms with Crippen LogP contribution in [0.3, 0.4) is 0 Å². The number of methoxy groups -OCH3 is 1. The average Bonchev–Trinajstić information content (AvgIpc) is 2.78. The van der Waals surface area contributed by atoms with E-state index in [0.29, 0.717) is 39.4 Å². The SMILES string of the molecule is COCC1CCCN(S(=O)(=O)N2CCOc3ccccc3C2)C1. The van der Waals surface area contributed by atoms with Crippen LogP contribution >= 0.6 is 0 Å². The van der Waals surface area contributed by atoms with Crippen LogP contribution in [0.5, 0.6) is 5.75 Å². The number of hydrogen-bond donors (Lipinski definition) is 0. The summed E-state index contributed by atoms with van der Waals surface area (Å²) in [5, 5.41) is 0. The summed E-state index contributed by atoms with van der Waals surface area (Å²) < 4.78 is 40.0. The second-order valence-electron chi connectivity index (χ2n) is 6.12. The molecular weight excluding hydrogens is 316 g/mol. The van der Waals surface area contributed by atoms with E-state index in [-0.39, 0.29) is 5.92 Å². The second-order valence-corrected chi connectivity index (χ2v) is 8.05. The molecule has 0 spiro atoms. The standard InChI is InChI=1S/C16H24N2O4S/c1-21-13-14-5-4-8-17(11-14)23(19,20)18-9-10-22-16-7-3-2-6-15(16)12-18/h2-3,6-7,14H,4-5,8-13H2,1H3. The van der Waals surface area contributed by atoms with Gasteiger partial charge < -0.3 is 9.47 Å². The van der Waals surface area contributed by atoms with Gasteiger partial charge in [0.05, 0.1) is 6.61 Å². The third kappa shape index (κ3) is 3.68. The number of nitrogens with zero attached hydrogens (tertiary/aromatic N) is 2. The smallest absolute Gasteiger partial charge is 0.282 e. The Balaban J connectivity index is 1.77. The molecule has 2 aliphatic heterocycles. The molecule has 0 bridgehead atoms. The van der Waals surface area contributed by atoms with Crippen molar-refractivity contribution in [3.8, 4) is 5.75 Å². The maximum atomic E-state index is 13.0. The molecule has 1 unspecified atom stereocenters. The first-order chi connectivity index (χ1) is 11.1. The predicted molar refractivity (Wildman–Crippen MR) is 87.4 cm³/mol. The van der Waals surface area contributed by atoms with Gasteiger partial charge in [-0.3, -0.25) is 0 Å². The molecule has 0 saturated carbocycles. The lowest BCUT2D eigenvalue weighted by Crippen LogP contribution is -2.48. The molecular formula is C16H24N2O4S. The van der Waals surface area contributed by atoms with Crippen molar-refractivity contribution >= 4 is 10.2 Å². The number of hydrogen-bond acceptors (Lipinski definition) is 4. The largest absolute Gasteiger partial charge is 0.492 e. The molecule has 1 saturated heterocycles. The Labute approximate surface area is 138 Å². The molecule has 0 amide bonds. The Hall–Kier alpha value is -1.15. The van der Waals surface area contributed by atoms with Crippen LogP contribution in [0.15, 0.2) is 24.3 Å². The second kappa shape index (κ2) is 7.17. The first kappa shape index (κ1) is 16.7. The third-order valence-corrected chi connectivity index (χ3v) is 6.40. The summed E-state index contributed by atoms with van der Waals surface area (Å²) in [5.41, 5.74) is 0.916. The molecule has 2 aliphatic rings. The maximum Gasteiger partial charge on any atom is 0.282 e. The van der Waals surface area contributed by atoms with Crippen molar-refractivity contribution in [2.75, 3.05) is 40.0 Å². The van der Waals surface area contributed by atoms with Crippen molar-refractivity contribution in [2.45, 2.75) is 19.4 Å². The summed E-state index contributed by atoms with van der Waals surface area (Å²) in [7, 11) is -1.81. The fourth-order valence-corrected chi connectivity index (χ4v) is 4.96. The summed E-state index contributed by atoms with van der Waals surface area (Å²) in [6.07, 6.45) is 1.90. The average molecular weight is 340 g/mol. The Morgan fingerprint density at radius 1 is 1.26 bits per heavy atom. The normalized spacial score (nSPS) is 23.8. The van der Waals surface area contributed by atoms with E-state index >= 15 is 0 Å². The lowest BCUT2D eigenvalue weighted by molar-refractivity contribution is 0.116. The zero-order chi connectivity index (χ0) is 16.3. The monoisotopic (exact) mass is 340 g/mol.